The Labute approximate surface area is 155 Å². The first-order chi connectivity index (χ1) is 12.9. The van der Waals surface area contributed by atoms with Crippen molar-refractivity contribution in [1.29, 1.82) is 0 Å². The number of esters is 1. The molecule has 1 fully saturated rings. The molecule has 2 aliphatic heterocycles. The Morgan fingerprint density at radius 3 is 2.56 bits per heavy atom. The minimum Gasteiger partial charge on any atom is -0.477 e. The molecule has 3 rings (SSSR count). The van der Waals surface area contributed by atoms with Crippen molar-refractivity contribution in [3.8, 4) is 0 Å². The monoisotopic (exact) mass is 373 g/mol. The van der Waals surface area contributed by atoms with Crippen LogP contribution in [0.3, 0.4) is 0 Å². The van der Waals surface area contributed by atoms with Crippen LogP contribution in [0.15, 0.2) is 47.1 Å². The van der Waals surface area contributed by atoms with Gasteiger partial charge in [0.15, 0.2) is 5.78 Å². The van der Waals surface area contributed by atoms with Crippen LogP contribution in [-0.2, 0) is 19.1 Å². The van der Waals surface area contributed by atoms with Crippen molar-refractivity contribution in [2.45, 2.75) is 19.8 Å². The number of hydrogen-bond donors (Lipinski definition) is 1. The first-order valence-electron chi connectivity index (χ1n) is 8.43. The highest BCUT2D eigenvalue weighted by molar-refractivity contribution is 6.01. The van der Waals surface area contributed by atoms with Crippen LogP contribution in [-0.4, -0.2) is 41.3 Å². The van der Waals surface area contributed by atoms with Crippen LogP contribution in [0.4, 0.5) is 5.69 Å². The zero-order valence-corrected chi connectivity index (χ0v) is 14.9. The summed E-state index contributed by atoms with van der Waals surface area (Å²) in [5, 5.41) is 10.9. The highest BCUT2D eigenvalue weighted by atomic mass is 16.6. The van der Waals surface area contributed by atoms with Gasteiger partial charge in [0, 0.05) is 12.1 Å². The Morgan fingerprint density at radius 2 is 2.00 bits per heavy atom. The number of carbonyl (C=O) groups excluding carboxylic acids is 2. The Morgan fingerprint density at radius 1 is 1.33 bits per heavy atom. The number of nitro groups is 1. The summed E-state index contributed by atoms with van der Waals surface area (Å²) in [5.41, 5.74) is 7.06. The lowest BCUT2D eigenvalue weighted by Gasteiger charge is -2.33. The number of nitrogens with zero attached hydrogens (tertiary/aromatic N) is 2. The molecule has 27 heavy (non-hydrogen) atoms. The van der Waals surface area contributed by atoms with Crippen LogP contribution >= 0.6 is 0 Å². The summed E-state index contributed by atoms with van der Waals surface area (Å²) in [6, 6.07) is 5.64. The van der Waals surface area contributed by atoms with Crippen LogP contribution in [0.25, 0.3) is 0 Å². The number of ether oxygens (including phenoxy) is 2. The van der Waals surface area contributed by atoms with Gasteiger partial charge >= 0.3 is 5.97 Å². The summed E-state index contributed by atoms with van der Waals surface area (Å²) in [4.78, 5) is 37.1. The molecular weight excluding hydrogens is 354 g/mol. The number of ketones is 1. The van der Waals surface area contributed by atoms with Crippen molar-refractivity contribution in [3.63, 3.8) is 0 Å². The first-order valence-corrected chi connectivity index (χ1v) is 8.43. The lowest BCUT2D eigenvalue weighted by atomic mass is 9.80. The van der Waals surface area contributed by atoms with Gasteiger partial charge in [0.05, 0.1) is 35.1 Å². The van der Waals surface area contributed by atoms with E-state index in [2.05, 4.69) is 0 Å². The number of benzene rings is 1. The molecule has 1 aromatic rings. The molecule has 0 bridgehead atoms. The molecule has 142 valence electrons. The fourth-order valence-electron chi connectivity index (χ4n) is 3.33. The predicted octanol–water partition coefficient (Wildman–Crippen LogP) is 1.56. The van der Waals surface area contributed by atoms with Crippen molar-refractivity contribution in [3.05, 3.63) is 62.8 Å². The summed E-state index contributed by atoms with van der Waals surface area (Å²) in [6.45, 7) is 3.93. The lowest BCUT2D eigenvalue weighted by molar-refractivity contribution is -0.384. The third-order valence-electron chi connectivity index (χ3n) is 4.49. The maximum Gasteiger partial charge on any atom is 0.338 e. The van der Waals surface area contributed by atoms with Gasteiger partial charge in [-0.05, 0) is 19.4 Å². The summed E-state index contributed by atoms with van der Waals surface area (Å²) in [5.74, 6) is -1.27. The molecule has 9 heteroatoms. The van der Waals surface area contributed by atoms with Gasteiger partial charge in [-0.15, -0.1) is 0 Å². The number of nitrogens with two attached hydrogens (primary N) is 1. The van der Waals surface area contributed by atoms with E-state index in [1.54, 1.807) is 11.8 Å². The van der Waals surface area contributed by atoms with Crippen LogP contribution in [0, 0.1) is 10.1 Å². The molecule has 2 N–H and O–H groups in total. The Kier molecular flexibility index (Phi) is 4.85. The van der Waals surface area contributed by atoms with Crippen LogP contribution in [0.5, 0.6) is 0 Å². The van der Waals surface area contributed by atoms with E-state index in [0.29, 0.717) is 24.6 Å². The molecule has 0 aromatic heterocycles. The van der Waals surface area contributed by atoms with Gasteiger partial charge in [0.1, 0.15) is 12.4 Å². The SMILES string of the molecule is CCOC(=O)C1=C(N)N2CCOC2=C(C(C)=O)C1c1ccc([N+](=O)[O-])cc1. The van der Waals surface area contributed by atoms with E-state index in [1.165, 1.54) is 31.2 Å². The van der Waals surface area contributed by atoms with E-state index in [0.717, 1.165) is 0 Å². The van der Waals surface area contributed by atoms with Gasteiger partial charge in [-0.2, -0.15) is 0 Å². The molecule has 2 aliphatic rings. The third kappa shape index (κ3) is 3.12. The van der Waals surface area contributed by atoms with E-state index in [-0.39, 0.29) is 35.0 Å². The predicted molar refractivity (Wildman–Crippen MR) is 94.0 cm³/mol. The maximum absolute atomic E-state index is 12.7. The number of carbonyl (C=O) groups is 2. The number of allylic oxidation sites excluding steroid dienone is 1. The van der Waals surface area contributed by atoms with Gasteiger partial charge in [0.2, 0.25) is 5.88 Å². The molecule has 9 nitrogen and oxygen atoms in total. The van der Waals surface area contributed by atoms with Gasteiger partial charge in [-0.3, -0.25) is 19.8 Å². The Balaban J connectivity index is 2.20. The second kappa shape index (κ2) is 7.10. The highest BCUT2D eigenvalue weighted by Crippen LogP contribution is 2.43. The molecule has 1 unspecified atom stereocenters. The Bertz CT molecular complexity index is 872. The van der Waals surface area contributed by atoms with Crippen molar-refractivity contribution in [2.24, 2.45) is 5.73 Å². The minimum absolute atomic E-state index is 0.0973. The minimum atomic E-state index is -0.827. The fourth-order valence-corrected chi connectivity index (χ4v) is 3.33. The largest absolute Gasteiger partial charge is 0.477 e. The standard InChI is InChI=1S/C18H19N3O6/c1-3-26-18(23)15-14(11-4-6-12(7-5-11)21(24)25)13(10(2)22)17-20(16(15)19)8-9-27-17/h4-7,14H,3,8-9,19H2,1-2H3. The number of hydrogen-bond acceptors (Lipinski definition) is 8. The average molecular weight is 373 g/mol. The third-order valence-corrected chi connectivity index (χ3v) is 4.49. The molecule has 1 aromatic carbocycles. The van der Waals surface area contributed by atoms with E-state index in [1.807, 2.05) is 0 Å². The fraction of sp³-hybridized carbons (Fsp3) is 0.333. The smallest absolute Gasteiger partial charge is 0.338 e. The topological polar surface area (TPSA) is 125 Å². The molecule has 0 aliphatic carbocycles. The number of Topliss-reactive ketones (excluding diaryl/α,β-unsaturated/α-hetero) is 1. The van der Waals surface area contributed by atoms with Gasteiger partial charge in [-0.25, -0.2) is 4.79 Å². The van der Waals surface area contributed by atoms with Crippen molar-refractivity contribution in [1.82, 2.24) is 4.90 Å². The van der Waals surface area contributed by atoms with E-state index in [4.69, 9.17) is 15.2 Å². The van der Waals surface area contributed by atoms with E-state index >= 15 is 0 Å². The molecule has 0 amide bonds. The summed E-state index contributed by atoms with van der Waals surface area (Å²) in [6.07, 6.45) is 0. The number of nitro benzene ring substituents is 1. The molecule has 0 spiro atoms. The zero-order chi connectivity index (χ0) is 19.7. The summed E-state index contributed by atoms with van der Waals surface area (Å²) >= 11 is 0. The van der Waals surface area contributed by atoms with Crippen molar-refractivity contribution < 1.29 is 24.0 Å². The molecule has 2 heterocycles. The maximum atomic E-state index is 12.7. The molecule has 0 radical (unpaired) electrons. The number of fused-ring (bicyclic) bond motifs is 1. The molecular formula is C18H19N3O6. The quantitative estimate of drug-likeness (QED) is 0.468. The highest BCUT2D eigenvalue weighted by Gasteiger charge is 2.43. The molecule has 1 saturated heterocycles. The van der Waals surface area contributed by atoms with E-state index < -0.39 is 16.8 Å². The zero-order valence-electron chi connectivity index (χ0n) is 14.9. The van der Waals surface area contributed by atoms with Crippen LogP contribution < -0.4 is 5.73 Å². The number of non-ortho nitro benzene ring substituents is 1. The second-order valence-electron chi connectivity index (χ2n) is 6.08. The Hall–Kier alpha value is -3.36. The summed E-state index contributed by atoms with van der Waals surface area (Å²) in [7, 11) is 0. The lowest BCUT2D eigenvalue weighted by Crippen LogP contribution is -2.37. The van der Waals surface area contributed by atoms with Crippen LogP contribution in [0.1, 0.15) is 25.3 Å². The van der Waals surface area contributed by atoms with Gasteiger partial charge in [-0.1, -0.05) is 12.1 Å². The summed E-state index contributed by atoms with van der Waals surface area (Å²) < 4.78 is 10.8. The van der Waals surface area contributed by atoms with Crippen LogP contribution in [0.2, 0.25) is 0 Å². The number of rotatable bonds is 5. The van der Waals surface area contributed by atoms with Crippen molar-refractivity contribution >= 4 is 17.4 Å². The first kappa shape index (κ1) is 18.4. The average Bonchev–Trinajstić information content (AvgIpc) is 3.11. The second-order valence-corrected chi connectivity index (χ2v) is 6.08. The normalized spacial score (nSPS) is 18.9. The van der Waals surface area contributed by atoms with Gasteiger partial charge < -0.3 is 15.2 Å². The molecule has 1 atom stereocenters. The molecule has 0 saturated carbocycles. The van der Waals surface area contributed by atoms with Crippen molar-refractivity contribution in [2.75, 3.05) is 19.8 Å². The van der Waals surface area contributed by atoms with E-state index in [9.17, 15) is 19.7 Å². The van der Waals surface area contributed by atoms with Gasteiger partial charge in [0.25, 0.3) is 5.69 Å².